The van der Waals surface area contributed by atoms with Gasteiger partial charge in [0.05, 0.1) is 6.54 Å². The van der Waals surface area contributed by atoms with E-state index < -0.39 is 0 Å². The molecule has 102 valence electrons. The lowest BCUT2D eigenvalue weighted by Gasteiger charge is -2.37. The van der Waals surface area contributed by atoms with Crippen LogP contribution in [0.2, 0.25) is 0 Å². The van der Waals surface area contributed by atoms with Crippen molar-refractivity contribution in [3.8, 4) is 0 Å². The van der Waals surface area contributed by atoms with Gasteiger partial charge in [0.25, 0.3) is 0 Å². The van der Waals surface area contributed by atoms with E-state index in [-0.39, 0.29) is 0 Å². The van der Waals surface area contributed by atoms with Crippen molar-refractivity contribution in [1.29, 1.82) is 0 Å². The van der Waals surface area contributed by atoms with Crippen LogP contribution in [0.3, 0.4) is 0 Å². The number of nitrogens with one attached hydrogen (secondary N) is 1. The van der Waals surface area contributed by atoms with Crippen molar-refractivity contribution in [2.24, 2.45) is 0 Å². The Morgan fingerprint density at radius 3 is 2.67 bits per heavy atom. The van der Waals surface area contributed by atoms with Gasteiger partial charge in [0.1, 0.15) is 0 Å². The number of hydrogen-bond acceptors (Lipinski definition) is 3. The molecule has 0 unspecified atom stereocenters. The van der Waals surface area contributed by atoms with E-state index in [1.54, 1.807) is 0 Å². The fourth-order valence-electron chi connectivity index (χ4n) is 2.93. The molecule has 1 aromatic heterocycles. The summed E-state index contributed by atoms with van der Waals surface area (Å²) in [7, 11) is 4.43. The molecular weight excluding hydrogens is 224 g/mol. The Morgan fingerprint density at radius 2 is 2.11 bits per heavy atom. The fourth-order valence-corrected chi connectivity index (χ4v) is 2.93. The molecule has 1 N–H and O–H groups in total. The topological polar surface area (TPSA) is 33.1 Å². The lowest BCUT2D eigenvalue weighted by Crippen LogP contribution is -2.51. The molecule has 4 heteroatoms. The lowest BCUT2D eigenvalue weighted by atomic mass is 9.95. The third-order valence-electron chi connectivity index (χ3n) is 4.28. The van der Waals surface area contributed by atoms with Crippen molar-refractivity contribution in [3.05, 3.63) is 18.5 Å². The maximum Gasteiger partial charge on any atom is 0.0559 e. The van der Waals surface area contributed by atoms with Crippen LogP contribution in [0.4, 0.5) is 0 Å². The first-order chi connectivity index (χ1) is 8.62. The highest BCUT2D eigenvalue weighted by molar-refractivity contribution is 4.95. The van der Waals surface area contributed by atoms with Crippen LogP contribution in [0.5, 0.6) is 0 Å². The molecule has 1 fully saturated rings. The molecule has 1 heterocycles. The van der Waals surface area contributed by atoms with Gasteiger partial charge in [0.15, 0.2) is 0 Å². The van der Waals surface area contributed by atoms with Crippen LogP contribution < -0.4 is 5.32 Å². The average Bonchev–Trinajstić information content (AvgIpc) is 2.97. The van der Waals surface area contributed by atoms with Crippen molar-refractivity contribution in [2.45, 2.75) is 50.7 Å². The SMILES string of the molecule is C[C@@H](Cn1cccn1)NCC1(N(C)C)CCCC1. The normalized spacial score (nSPS) is 20.4. The maximum absolute atomic E-state index is 4.25. The number of hydrogen-bond donors (Lipinski definition) is 1. The van der Waals surface area contributed by atoms with Gasteiger partial charge in [-0.1, -0.05) is 12.8 Å². The van der Waals surface area contributed by atoms with Crippen LogP contribution in [0.25, 0.3) is 0 Å². The molecule has 1 atom stereocenters. The number of likely N-dealkylation sites (N-methyl/N-ethyl adjacent to an activating group) is 1. The van der Waals surface area contributed by atoms with Gasteiger partial charge in [-0.2, -0.15) is 5.10 Å². The Morgan fingerprint density at radius 1 is 1.39 bits per heavy atom. The highest BCUT2D eigenvalue weighted by Gasteiger charge is 2.35. The number of rotatable bonds is 6. The number of aromatic nitrogens is 2. The summed E-state index contributed by atoms with van der Waals surface area (Å²) in [5, 5.41) is 7.94. The molecule has 0 aliphatic heterocycles. The van der Waals surface area contributed by atoms with E-state index in [1.807, 2.05) is 23.1 Å². The van der Waals surface area contributed by atoms with Gasteiger partial charge in [0.2, 0.25) is 0 Å². The standard InChI is InChI=1S/C14H26N4/c1-13(11-18-10-6-9-16-18)15-12-14(17(2)3)7-4-5-8-14/h6,9-10,13,15H,4-5,7-8,11-12H2,1-3H3/t13-/m0/s1. The summed E-state index contributed by atoms with van der Waals surface area (Å²) in [5.41, 5.74) is 0.373. The van der Waals surface area contributed by atoms with Gasteiger partial charge in [-0.15, -0.1) is 0 Å². The quantitative estimate of drug-likeness (QED) is 0.835. The molecule has 0 spiro atoms. The fraction of sp³-hybridized carbons (Fsp3) is 0.786. The second-order valence-electron chi connectivity index (χ2n) is 5.84. The van der Waals surface area contributed by atoms with Crippen LogP contribution in [0, 0.1) is 0 Å². The summed E-state index contributed by atoms with van der Waals surface area (Å²) >= 11 is 0. The number of nitrogens with zero attached hydrogens (tertiary/aromatic N) is 3. The second kappa shape index (κ2) is 5.85. The van der Waals surface area contributed by atoms with E-state index in [0.717, 1.165) is 13.1 Å². The van der Waals surface area contributed by atoms with Crippen molar-refractivity contribution in [3.63, 3.8) is 0 Å². The van der Waals surface area contributed by atoms with E-state index in [0.29, 0.717) is 11.6 Å². The average molecular weight is 250 g/mol. The van der Waals surface area contributed by atoms with E-state index in [2.05, 4.69) is 36.3 Å². The van der Waals surface area contributed by atoms with Gasteiger partial charge in [-0.3, -0.25) is 4.68 Å². The summed E-state index contributed by atoms with van der Waals surface area (Å²) in [6.07, 6.45) is 9.24. The molecule has 1 aliphatic carbocycles. The molecule has 1 aliphatic rings. The Kier molecular flexibility index (Phi) is 4.40. The van der Waals surface area contributed by atoms with Crippen LogP contribution in [0.1, 0.15) is 32.6 Å². The van der Waals surface area contributed by atoms with Crippen molar-refractivity contribution < 1.29 is 0 Å². The van der Waals surface area contributed by atoms with Gasteiger partial charge in [-0.05, 0) is 39.9 Å². The zero-order valence-corrected chi connectivity index (χ0v) is 11.9. The summed E-state index contributed by atoms with van der Waals surface area (Å²) < 4.78 is 1.99. The molecule has 0 saturated heterocycles. The summed E-state index contributed by atoms with van der Waals surface area (Å²) in [6.45, 7) is 4.26. The molecule has 2 rings (SSSR count). The summed E-state index contributed by atoms with van der Waals surface area (Å²) in [6, 6.07) is 2.44. The Labute approximate surface area is 110 Å². The van der Waals surface area contributed by atoms with Gasteiger partial charge in [-0.25, -0.2) is 0 Å². The molecule has 0 amide bonds. The van der Waals surface area contributed by atoms with Crippen molar-refractivity contribution >= 4 is 0 Å². The highest BCUT2D eigenvalue weighted by atomic mass is 15.3. The largest absolute Gasteiger partial charge is 0.311 e. The monoisotopic (exact) mass is 250 g/mol. The van der Waals surface area contributed by atoms with Crippen LogP contribution >= 0.6 is 0 Å². The first-order valence-electron chi connectivity index (χ1n) is 7.01. The van der Waals surface area contributed by atoms with Crippen molar-refractivity contribution in [1.82, 2.24) is 20.0 Å². The van der Waals surface area contributed by atoms with Gasteiger partial charge < -0.3 is 10.2 Å². The van der Waals surface area contributed by atoms with E-state index in [1.165, 1.54) is 25.7 Å². The zero-order chi connectivity index (χ0) is 13.0. The first kappa shape index (κ1) is 13.6. The Bertz CT molecular complexity index is 339. The van der Waals surface area contributed by atoms with Gasteiger partial charge >= 0.3 is 0 Å². The third kappa shape index (κ3) is 3.12. The maximum atomic E-state index is 4.25. The lowest BCUT2D eigenvalue weighted by molar-refractivity contribution is 0.148. The molecule has 0 bridgehead atoms. The van der Waals surface area contributed by atoms with E-state index in [9.17, 15) is 0 Å². The molecular formula is C14H26N4. The van der Waals surface area contributed by atoms with Crippen molar-refractivity contribution in [2.75, 3.05) is 20.6 Å². The minimum absolute atomic E-state index is 0.373. The minimum Gasteiger partial charge on any atom is -0.311 e. The Balaban J connectivity index is 1.82. The highest BCUT2D eigenvalue weighted by Crippen LogP contribution is 2.33. The third-order valence-corrected chi connectivity index (χ3v) is 4.28. The van der Waals surface area contributed by atoms with Crippen LogP contribution in [0.15, 0.2) is 18.5 Å². The molecule has 0 radical (unpaired) electrons. The van der Waals surface area contributed by atoms with Crippen LogP contribution in [-0.2, 0) is 6.54 Å². The van der Waals surface area contributed by atoms with Gasteiger partial charge in [0, 0.05) is 30.5 Å². The molecule has 18 heavy (non-hydrogen) atoms. The van der Waals surface area contributed by atoms with Crippen LogP contribution in [-0.4, -0.2) is 46.9 Å². The smallest absolute Gasteiger partial charge is 0.0559 e. The summed E-state index contributed by atoms with van der Waals surface area (Å²) in [5.74, 6) is 0. The second-order valence-corrected chi connectivity index (χ2v) is 5.84. The summed E-state index contributed by atoms with van der Waals surface area (Å²) in [4.78, 5) is 2.41. The van der Waals surface area contributed by atoms with E-state index in [4.69, 9.17) is 0 Å². The molecule has 4 nitrogen and oxygen atoms in total. The molecule has 1 saturated carbocycles. The molecule has 0 aromatic carbocycles. The first-order valence-corrected chi connectivity index (χ1v) is 7.01. The molecule has 1 aromatic rings. The predicted molar refractivity (Wildman–Crippen MR) is 74.6 cm³/mol. The minimum atomic E-state index is 0.373. The zero-order valence-electron chi connectivity index (χ0n) is 11.9. The Hall–Kier alpha value is -0.870. The van der Waals surface area contributed by atoms with E-state index >= 15 is 0 Å². The predicted octanol–water partition coefficient (Wildman–Crippen LogP) is 1.74.